The second kappa shape index (κ2) is 4.53. The van der Waals surface area contributed by atoms with E-state index in [2.05, 4.69) is 17.0 Å². The van der Waals surface area contributed by atoms with E-state index in [1.165, 1.54) is 0 Å². The molecule has 2 heterocycles. The predicted octanol–water partition coefficient (Wildman–Crippen LogP) is 1.57. The van der Waals surface area contributed by atoms with E-state index in [9.17, 15) is 4.79 Å². The first-order valence-electron chi connectivity index (χ1n) is 5.69. The summed E-state index contributed by atoms with van der Waals surface area (Å²) in [6.07, 6.45) is 6.07. The molecule has 0 aliphatic rings. The molecule has 0 spiro atoms. The van der Waals surface area contributed by atoms with Gasteiger partial charge in [0.25, 0.3) is 0 Å². The van der Waals surface area contributed by atoms with E-state index < -0.39 is 0 Å². The van der Waals surface area contributed by atoms with Gasteiger partial charge in [0.15, 0.2) is 5.82 Å². The van der Waals surface area contributed by atoms with Crippen molar-refractivity contribution >= 4 is 5.78 Å². The van der Waals surface area contributed by atoms with E-state index >= 15 is 0 Å². The Morgan fingerprint density at radius 2 is 2.24 bits per heavy atom. The summed E-state index contributed by atoms with van der Waals surface area (Å²) >= 11 is 0. The molecule has 0 saturated heterocycles. The van der Waals surface area contributed by atoms with Crippen molar-refractivity contribution in [2.24, 2.45) is 7.05 Å². The quantitative estimate of drug-likeness (QED) is 0.752. The molecule has 0 aromatic carbocycles. The van der Waals surface area contributed by atoms with Crippen LogP contribution in [0.15, 0.2) is 18.6 Å². The smallest absolute Gasteiger partial charge is 0.231 e. The molecular formula is C12H16N4O. The van der Waals surface area contributed by atoms with Crippen molar-refractivity contribution < 1.29 is 4.79 Å². The Morgan fingerprint density at radius 1 is 1.47 bits per heavy atom. The first kappa shape index (κ1) is 11.6. The van der Waals surface area contributed by atoms with Gasteiger partial charge in [-0.15, -0.1) is 0 Å². The summed E-state index contributed by atoms with van der Waals surface area (Å²) in [7, 11) is 1.82. The molecule has 17 heavy (non-hydrogen) atoms. The van der Waals surface area contributed by atoms with Crippen LogP contribution in [-0.4, -0.2) is 25.1 Å². The lowest BCUT2D eigenvalue weighted by molar-refractivity contribution is 0.102. The Hall–Kier alpha value is -1.91. The minimum atomic E-state index is -0.0611. The maximum atomic E-state index is 12.3. The maximum Gasteiger partial charge on any atom is 0.231 e. The molecule has 5 heteroatoms. The Kier molecular flexibility index (Phi) is 3.08. The number of carbonyl (C=O) groups is 1. The third-order valence-electron chi connectivity index (χ3n) is 2.86. The van der Waals surface area contributed by atoms with Crippen LogP contribution in [0.5, 0.6) is 0 Å². The molecule has 0 fully saturated rings. The lowest BCUT2D eigenvalue weighted by Crippen LogP contribution is -2.12. The number of hydrogen-bond acceptors (Lipinski definition) is 3. The normalized spacial score (nSPS) is 10.8. The SMILES string of the molecule is CCCn1ccnc1C(=O)c1cnn(C)c1C. The van der Waals surface area contributed by atoms with Crippen LogP contribution in [0.1, 0.15) is 35.2 Å². The highest BCUT2D eigenvalue weighted by atomic mass is 16.1. The van der Waals surface area contributed by atoms with Gasteiger partial charge in [-0.3, -0.25) is 9.48 Å². The summed E-state index contributed by atoms with van der Waals surface area (Å²) in [4.78, 5) is 16.4. The van der Waals surface area contributed by atoms with Gasteiger partial charge >= 0.3 is 0 Å². The number of carbonyl (C=O) groups excluding carboxylic acids is 1. The van der Waals surface area contributed by atoms with Gasteiger partial charge in [-0.1, -0.05) is 6.92 Å². The Bertz CT molecular complexity index is 538. The summed E-state index contributed by atoms with van der Waals surface area (Å²) in [5.41, 5.74) is 1.48. The predicted molar refractivity (Wildman–Crippen MR) is 63.9 cm³/mol. The van der Waals surface area contributed by atoms with Crippen LogP contribution < -0.4 is 0 Å². The van der Waals surface area contributed by atoms with Crippen molar-refractivity contribution in [3.8, 4) is 0 Å². The number of hydrogen-bond donors (Lipinski definition) is 0. The fraction of sp³-hybridized carbons (Fsp3) is 0.417. The number of aromatic nitrogens is 4. The third-order valence-corrected chi connectivity index (χ3v) is 2.86. The number of rotatable bonds is 4. The summed E-state index contributed by atoms with van der Waals surface area (Å²) in [5.74, 6) is 0.428. The Balaban J connectivity index is 2.37. The molecule has 0 aliphatic heterocycles. The van der Waals surface area contributed by atoms with Crippen LogP contribution in [0.3, 0.4) is 0 Å². The van der Waals surface area contributed by atoms with E-state index in [-0.39, 0.29) is 5.78 Å². The summed E-state index contributed by atoms with van der Waals surface area (Å²) in [6.45, 7) is 4.76. The van der Waals surface area contributed by atoms with Crippen molar-refractivity contribution in [2.45, 2.75) is 26.8 Å². The average molecular weight is 232 g/mol. The highest BCUT2D eigenvalue weighted by Crippen LogP contribution is 2.12. The highest BCUT2D eigenvalue weighted by molar-refractivity contribution is 6.07. The monoisotopic (exact) mass is 232 g/mol. The van der Waals surface area contributed by atoms with E-state index in [4.69, 9.17) is 0 Å². The van der Waals surface area contributed by atoms with Gasteiger partial charge in [0.05, 0.1) is 11.8 Å². The van der Waals surface area contributed by atoms with Crippen molar-refractivity contribution in [3.63, 3.8) is 0 Å². The molecule has 90 valence electrons. The largest absolute Gasteiger partial charge is 0.328 e. The Morgan fingerprint density at radius 3 is 2.82 bits per heavy atom. The molecule has 2 rings (SSSR count). The first-order chi connectivity index (χ1) is 8.15. The van der Waals surface area contributed by atoms with E-state index in [0.717, 1.165) is 18.7 Å². The zero-order valence-corrected chi connectivity index (χ0v) is 10.3. The molecule has 2 aromatic rings. The molecular weight excluding hydrogens is 216 g/mol. The first-order valence-corrected chi connectivity index (χ1v) is 5.69. The number of aryl methyl sites for hydroxylation is 2. The second-order valence-corrected chi connectivity index (χ2v) is 4.04. The maximum absolute atomic E-state index is 12.3. The second-order valence-electron chi connectivity index (χ2n) is 4.04. The van der Waals surface area contributed by atoms with Gasteiger partial charge in [0, 0.05) is 31.7 Å². The topological polar surface area (TPSA) is 52.7 Å². The molecule has 0 unspecified atom stereocenters. The third kappa shape index (κ3) is 2.00. The summed E-state index contributed by atoms with van der Waals surface area (Å²) in [5, 5.41) is 4.08. The van der Waals surface area contributed by atoms with Crippen LogP contribution in [0.2, 0.25) is 0 Å². The van der Waals surface area contributed by atoms with E-state index in [0.29, 0.717) is 11.4 Å². The zero-order chi connectivity index (χ0) is 12.4. The van der Waals surface area contributed by atoms with E-state index in [1.54, 1.807) is 17.1 Å². The molecule has 2 aromatic heterocycles. The lowest BCUT2D eigenvalue weighted by Gasteiger charge is -2.04. The summed E-state index contributed by atoms with van der Waals surface area (Å²) in [6, 6.07) is 0. The van der Waals surface area contributed by atoms with Gasteiger partial charge in [0.1, 0.15) is 0 Å². The molecule has 0 aliphatic carbocycles. The molecule has 0 radical (unpaired) electrons. The molecule has 0 N–H and O–H groups in total. The molecule has 0 amide bonds. The van der Waals surface area contributed by atoms with Gasteiger partial charge < -0.3 is 4.57 Å². The molecule has 0 saturated carbocycles. The molecule has 0 bridgehead atoms. The van der Waals surface area contributed by atoms with Crippen molar-refractivity contribution in [2.75, 3.05) is 0 Å². The molecule has 5 nitrogen and oxygen atoms in total. The van der Waals surface area contributed by atoms with Crippen LogP contribution in [-0.2, 0) is 13.6 Å². The average Bonchev–Trinajstić information content (AvgIpc) is 2.88. The van der Waals surface area contributed by atoms with Gasteiger partial charge in [-0.05, 0) is 13.3 Å². The lowest BCUT2D eigenvalue weighted by atomic mass is 10.1. The van der Waals surface area contributed by atoms with Gasteiger partial charge in [-0.2, -0.15) is 5.10 Å². The highest BCUT2D eigenvalue weighted by Gasteiger charge is 2.19. The van der Waals surface area contributed by atoms with Gasteiger partial charge in [-0.25, -0.2) is 4.98 Å². The van der Waals surface area contributed by atoms with Crippen LogP contribution in [0, 0.1) is 6.92 Å². The van der Waals surface area contributed by atoms with Crippen molar-refractivity contribution in [1.82, 2.24) is 19.3 Å². The van der Waals surface area contributed by atoms with Crippen LogP contribution in [0.4, 0.5) is 0 Å². The number of nitrogens with zero attached hydrogens (tertiary/aromatic N) is 4. The van der Waals surface area contributed by atoms with E-state index in [1.807, 2.05) is 24.7 Å². The standard InChI is InChI=1S/C12H16N4O/c1-4-6-16-7-5-13-12(16)11(17)10-8-14-15(3)9(10)2/h5,7-8H,4,6H2,1-3H3. The number of imidazole rings is 1. The van der Waals surface area contributed by atoms with Crippen molar-refractivity contribution in [1.29, 1.82) is 0 Å². The minimum Gasteiger partial charge on any atom is -0.328 e. The summed E-state index contributed by atoms with van der Waals surface area (Å²) < 4.78 is 3.58. The Labute approximate surface area is 100 Å². The van der Waals surface area contributed by atoms with Crippen LogP contribution in [0.25, 0.3) is 0 Å². The fourth-order valence-corrected chi connectivity index (χ4v) is 1.78. The minimum absolute atomic E-state index is 0.0611. The van der Waals surface area contributed by atoms with Gasteiger partial charge in [0.2, 0.25) is 5.78 Å². The molecule has 0 atom stereocenters. The fourth-order valence-electron chi connectivity index (χ4n) is 1.78. The van der Waals surface area contributed by atoms with Crippen LogP contribution >= 0.6 is 0 Å². The van der Waals surface area contributed by atoms with Crippen molar-refractivity contribution in [3.05, 3.63) is 35.7 Å². The zero-order valence-electron chi connectivity index (χ0n) is 10.3. The number of ketones is 1.